The summed E-state index contributed by atoms with van der Waals surface area (Å²) in [4.78, 5) is 19.0. The minimum atomic E-state index is -0.324. The fourth-order valence-electron chi connectivity index (χ4n) is 1.19. The molecule has 0 saturated carbocycles. The van der Waals surface area contributed by atoms with E-state index in [1.807, 2.05) is 6.07 Å². The average molecular weight is 215 g/mol. The largest absolute Gasteiger partial charge is 0.503 e. The summed E-state index contributed by atoms with van der Waals surface area (Å²) in [5.41, 5.74) is 0.500. The average Bonchev–Trinajstić information content (AvgIpc) is 2.33. The van der Waals surface area contributed by atoms with Crippen molar-refractivity contribution in [3.63, 3.8) is 0 Å². The van der Waals surface area contributed by atoms with Gasteiger partial charge in [-0.3, -0.25) is 4.79 Å². The number of benzene rings is 1. The molecule has 0 aliphatic carbocycles. The van der Waals surface area contributed by atoms with Gasteiger partial charge in [0.2, 0.25) is 0 Å². The molecule has 2 rings (SSSR count). The van der Waals surface area contributed by atoms with Crippen molar-refractivity contribution in [2.75, 3.05) is 5.32 Å². The number of aromatic hydroxyl groups is 1. The van der Waals surface area contributed by atoms with E-state index in [1.165, 1.54) is 12.5 Å². The monoisotopic (exact) mass is 215 g/mol. The molecule has 5 heteroatoms. The lowest BCUT2D eigenvalue weighted by Crippen LogP contribution is -2.12. The highest BCUT2D eigenvalue weighted by Gasteiger charge is 2.08. The van der Waals surface area contributed by atoms with E-state index in [9.17, 15) is 9.90 Å². The van der Waals surface area contributed by atoms with Crippen molar-refractivity contribution in [1.29, 1.82) is 0 Å². The summed E-state index contributed by atoms with van der Waals surface area (Å²) in [6, 6.07) is 8.68. The molecule has 16 heavy (non-hydrogen) atoms. The van der Waals surface area contributed by atoms with Gasteiger partial charge in [-0.1, -0.05) is 18.2 Å². The molecule has 0 radical (unpaired) electrons. The summed E-state index contributed by atoms with van der Waals surface area (Å²) in [6.45, 7) is 0. The number of carbonyl (C=O) groups excluding carboxylic acids is 1. The van der Waals surface area contributed by atoms with Crippen LogP contribution in [-0.4, -0.2) is 21.0 Å². The number of anilines is 1. The molecule has 0 aliphatic heterocycles. The Hall–Kier alpha value is -2.43. The molecule has 5 nitrogen and oxygen atoms in total. The third-order valence-electron chi connectivity index (χ3n) is 1.96. The normalized spacial score (nSPS) is 9.75. The molecule has 1 heterocycles. The summed E-state index contributed by atoms with van der Waals surface area (Å²) in [5.74, 6) is -0.384. The van der Waals surface area contributed by atoms with Gasteiger partial charge in [0.1, 0.15) is 6.33 Å². The number of amides is 1. The maximum atomic E-state index is 11.7. The highest BCUT2D eigenvalue weighted by atomic mass is 16.3. The van der Waals surface area contributed by atoms with Crippen LogP contribution in [0.3, 0.4) is 0 Å². The molecular formula is C11H9N3O2. The molecule has 0 atom stereocenters. The van der Waals surface area contributed by atoms with Crippen molar-refractivity contribution >= 4 is 11.7 Å². The molecule has 2 aromatic rings. The van der Waals surface area contributed by atoms with Crippen LogP contribution in [0.25, 0.3) is 0 Å². The molecule has 0 fully saturated rings. The van der Waals surface area contributed by atoms with E-state index in [4.69, 9.17) is 0 Å². The minimum absolute atomic E-state index is 0.101. The van der Waals surface area contributed by atoms with E-state index in [2.05, 4.69) is 15.3 Å². The summed E-state index contributed by atoms with van der Waals surface area (Å²) in [7, 11) is 0. The van der Waals surface area contributed by atoms with Crippen molar-refractivity contribution in [2.24, 2.45) is 0 Å². The van der Waals surface area contributed by atoms with E-state index in [-0.39, 0.29) is 17.5 Å². The Morgan fingerprint density at radius 2 is 2.00 bits per heavy atom. The van der Waals surface area contributed by atoms with Crippen LogP contribution in [0.15, 0.2) is 42.9 Å². The Morgan fingerprint density at radius 1 is 1.25 bits per heavy atom. The summed E-state index contributed by atoms with van der Waals surface area (Å²) in [5, 5.41) is 11.9. The van der Waals surface area contributed by atoms with Gasteiger partial charge >= 0.3 is 0 Å². The van der Waals surface area contributed by atoms with Crippen LogP contribution >= 0.6 is 0 Å². The summed E-state index contributed by atoms with van der Waals surface area (Å²) < 4.78 is 0. The highest BCUT2D eigenvalue weighted by Crippen LogP contribution is 2.17. The number of rotatable bonds is 2. The second-order valence-electron chi connectivity index (χ2n) is 3.08. The Bertz CT molecular complexity index is 500. The van der Waals surface area contributed by atoms with Gasteiger partial charge in [0, 0.05) is 5.56 Å². The highest BCUT2D eigenvalue weighted by molar-refractivity contribution is 6.04. The van der Waals surface area contributed by atoms with Crippen LogP contribution in [0.1, 0.15) is 10.4 Å². The fraction of sp³-hybridized carbons (Fsp3) is 0. The molecule has 1 aromatic carbocycles. The van der Waals surface area contributed by atoms with E-state index >= 15 is 0 Å². The predicted octanol–water partition coefficient (Wildman–Crippen LogP) is 1.43. The van der Waals surface area contributed by atoms with Crippen molar-refractivity contribution < 1.29 is 9.90 Å². The number of hydrogen-bond acceptors (Lipinski definition) is 4. The Kier molecular flexibility index (Phi) is 2.77. The first-order chi connectivity index (χ1) is 7.77. The van der Waals surface area contributed by atoms with Gasteiger partial charge in [0.05, 0.1) is 6.20 Å². The zero-order chi connectivity index (χ0) is 11.4. The lowest BCUT2D eigenvalue weighted by atomic mass is 10.2. The van der Waals surface area contributed by atoms with Gasteiger partial charge in [-0.2, -0.15) is 0 Å². The smallest absolute Gasteiger partial charge is 0.256 e. The molecule has 1 aromatic heterocycles. The number of nitrogens with zero attached hydrogens (tertiary/aromatic N) is 2. The van der Waals surface area contributed by atoms with E-state index in [0.29, 0.717) is 5.56 Å². The third-order valence-corrected chi connectivity index (χ3v) is 1.96. The van der Waals surface area contributed by atoms with Gasteiger partial charge in [-0.25, -0.2) is 9.97 Å². The minimum Gasteiger partial charge on any atom is -0.503 e. The molecule has 0 unspecified atom stereocenters. The maximum Gasteiger partial charge on any atom is 0.256 e. The first kappa shape index (κ1) is 10.1. The zero-order valence-corrected chi connectivity index (χ0v) is 8.29. The fourth-order valence-corrected chi connectivity index (χ4v) is 1.19. The number of aromatic nitrogens is 2. The molecule has 1 amide bonds. The maximum absolute atomic E-state index is 11.7. The van der Waals surface area contributed by atoms with Gasteiger partial charge < -0.3 is 10.4 Å². The molecule has 0 saturated heterocycles. The molecular weight excluding hydrogens is 206 g/mol. The first-order valence-corrected chi connectivity index (χ1v) is 4.63. The Labute approximate surface area is 91.8 Å². The standard InChI is InChI=1S/C11H9N3O2/c15-9-6-12-7-13-10(9)14-11(16)8-4-2-1-3-5-8/h1-7,15H,(H,12,13,14,16). The van der Waals surface area contributed by atoms with Crippen LogP contribution in [0.5, 0.6) is 5.75 Å². The van der Waals surface area contributed by atoms with Gasteiger partial charge in [0.25, 0.3) is 5.91 Å². The van der Waals surface area contributed by atoms with Crippen LogP contribution in [-0.2, 0) is 0 Å². The third kappa shape index (κ3) is 2.14. The predicted molar refractivity (Wildman–Crippen MR) is 58.1 cm³/mol. The van der Waals surface area contributed by atoms with Crippen molar-refractivity contribution in [2.45, 2.75) is 0 Å². The number of nitrogens with one attached hydrogen (secondary N) is 1. The molecule has 80 valence electrons. The summed E-state index contributed by atoms with van der Waals surface area (Å²) in [6.07, 6.45) is 2.47. The van der Waals surface area contributed by atoms with Crippen LogP contribution in [0.4, 0.5) is 5.82 Å². The zero-order valence-electron chi connectivity index (χ0n) is 8.29. The van der Waals surface area contributed by atoms with Gasteiger partial charge in [0.15, 0.2) is 11.6 Å². The second-order valence-corrected chi connectivity index (χ2v) is 3.08. The molecule has 0 spiro atoms. The lowest BCUT2D eigenvalue weighted by molar-refractivity contribution is 0.102. The Morgan fingerprint density at radius 3 is 2.69 bits per heavy atom. The topological polar surface area (TPSA) is 75.1 Å². The van der Waals surface area contributed by atoms with Crippen LogP contribution in [0, 0.1) is 0 Å². The van der Waals surface area contributed by atoms with Crippen molar-refractivity contribution in [3.8, 4) is 5.75 Å². The quantitative estimate of drug-likeness (QED) is 0.794. The first-order valence-electron chi connectivity index (χ1n) is 4.63. The lowest BCUT2D eigenvalue weighted by Gasteiger charge is -2.04. The van der Waals surface area contributed by atoms with Crippen molar-refractivity contribution in [3.05, 3.63) is 48.4 Å². The SMILES string of the molecule is O=C(Nc1ncncc1O)c1ccccc1. The number of hydrogen-bond donors (Lipinski definition) is 2. The van der Waals surface area contributed by atoms with E-state index in [0.717, 1.165) is 0 Å². The molecule has 0 bridgehead atoms. The molecule has 0 aliphatic rings. The second kappa shape index (κ2) is 4.39. The summed E-state index contributed by atoms with van der Waals surface area (Å²) >= 11 is 0. The van der Waals surface area contributed by atoms with Gasteiger partial charge in [-0.05, 0) is 12.1 Å². The Balaban J connectivity index is 2.18. The van der Waals surface area contributed by atoms with E-state index in [1.54, 1.807) is 24.3 Å². The van der Waals surface area contributed by atoms with E-state index < -0.39 is 0 Å². The van der Waals surface area contributed by atoms with Gasteiger partial charge in [-0.15, -0.1) is 0 Å². The molecule has 2 N–H and O–H groups in total. The number of carbonyl (C=O) groups is 1. The van der Waals surface area contributed by atoms with Crippen LogP contribution < -0.4 is 5.32 Å². The van der Waals surface area contributed by atoms with Crippen molar-refractivity contribution in [1.82, 2.24) is 9.97 Å². The van der Waals surface area contributed by atoms with Crippen LogP contribution in [0.2, 0.25) is 0 Å².